The van der Waals surface area contributed by atoms with E-state index in [1.54, 1.807) is 29.1 Å². The Balaban J connectivity index is 2.46. The van der Waals surface area contributed by atoms with Crippen LogP contribution in [0.3, 0.4) is 0 Å². The minimum Gasteiger partial charge on any atom is -0.275 e. The largest absolute Gasteiger partial charge is 0.275 e. The predicted octanol–water partition coefficient (Wildman–Crippen LogP) is 1.62. The van der Waals surface area contributed by atoms with E-state index in [2.05, 4.69) is 10.1 Å². The molecule has 66 valence electrons. The summed E-state index contributed by atoms with van der Waals surface area (Å²) < 4.78 is 14.4. The fourth-order valence-corrected chi connectivity index (χ4v) is 1.10. The lowest BCUT2D eigenvalue weighted by atomic mass is 10.3. The normalized spacial score (nSPS) is 10.3. The van der Waals surface area contributed by atoms with Gasteiger partial charge in [-0.2, -0.15) is 9.49 Å². The van der Waals surface area contributed by atoms with E-state index in [4.69, 9.17) is 0 Å². The molecule has 2 aromatic heterocycles. The average molecular weight is 177 g/mol. The first kappa shape index (κ1) is 7.91. The second kappa shape index (κ2) is 2.97. The van der Waals surface area contributed by atoms with Gasteiger partial charge in [-0.25, -0.2) is 4.98 Å². The van der Waals surface area contributed by atoms with Crippen LogP contribution in [0.1, 0.15) is 0 Å². The van der Waals surface area contributed by atoms with Crippen molar-refractivity contribution in [1.29, 1.82) is 0 Å². The highest BCUT2D eigenvalue weighted by Gasteiger charge is 2.02. The lowest BCUT2D eigenvalue weighted by Gasteiger charge is -1.94. The van der Waals surface area contributed by atoms with Gasteiger partial charge in [0.1, 0.15) is 5.69 Å². The Bertz CT molecular complexity index is 422. The van der Waals surface area contributed by atoms with Crippen molar-refractivity contribution < 1.29 is 4.39 Å². The molecule has 2 heterocycles. The highest BCUT2D eigenvalue weighted by Crippen LogP contribution is 2.13. The molecular formula is C9H8FN3. The first-order valence-corrected chi connectivity index (χ1v) is 3.88. The van der Waals surface area contributed by atoms with E-state index in [0.717, 1.165) is 0 Å². The highest BCUT2D eigenvalue weighted by atomic mass is 19.1. The van der Waals surface area contributed by atoms with Crippen molar-refractivity contribution in [3.63, 3.8) is 0 Å². The van der Waals surface area contributed by atoms with Crippen molar-refractivity contribution >= 4 is 0 Å². The van der Waals surface area contributed by atoms with E-state index >= 15 is 0 Å². The maximum Gasteiger partial charge on any atom is 0.213 e. The van der Waals surface area contributed by atoms with Gasteiger partial charge in [0.15, 0.2) is 0 Å². The van der Waals surface area contributed by atoms with Gasteiger partial charge in [0.2, 0.25) is 5.95 Å². The molecular weight excluding hydrogens is 169 g/mol. The average Bonchev–Trinajstić information content (AvgIpc) is 2.52. The summed E-state index contributed by atoms with van der Waals surface area (Å²) in [5.74, 6) is -0.483. The fraction of sp³-hybridized carbons (Fsp3) is 0.111. The van der Waals surface area contributed by atoms with E-state index < -0.39 is 5.95 Å². The van der Waals surface area contributed by atoms with Gasteiger partial charge >= 0.3 is 0 Å². The summed E-state index contributed by atoms with van der Waals surface area (Å²) >= 11 is 0. The van der Waals surface area contributed by atoms with Crippen molar-refractivity contribution in [3.05, 3.63) is 36.4 Å². The molecule has 0 aliphatic heterocycles. The lowest BCUT2D eigenvalue weighted by Crippen LogP contribution is -1.90. The van der Waals surface area contributed by atoms with Crippen LogP contribution in [-0.2, 0) is 7.05 Å². The maximum absolute atomic E-state index is 12.7. The SMILES string of the molecule is Cn1ccc(-c2cccc(F)n2)n1. The second-order valence-corrected chi connectivity index (χ2v) is 2.72. The number of aromatic nitrogens is 3. The van der Waals surface area contributed by atoms with Crippen LogP contribution in [0.4, 0.5) is 4.39 Å². The van der Waals surface area contributed by atoms with Gasteiger partial charge < -0.3 is 0 Å². The third kappa shape index (κ3) is 1.56. The van der Waals surface area contributed by atoms with Crippen LogP contribution in [0.15, 0.2) is 30.5 Å². The molecule has 0 saturated heterocycles. The second-order valence-electron chi connectivity index (χ2n) is 2.72. The van der Waals surface area contributed by atoms with Gasteiger partial charge in [-0.1, -0.05) is 6.07 Å². The summed E-state index contributed by atoms with van der Waals surface area (Å²) in [5.41, 5.74) is 1.24. The van der Waals surface area contributed by atoms with Crippen LogP contribution in [0, 0.1) is 5.95 Å². The van der Waals surface area contributed by atoms with Crippen molar-refractivity contribution in [2.75, 3.05) is 0 Å². The molecule has 2 aromatic rings. The third-order valence-electron chi connectivity index (χ3n) is 1.69. The summed E-state index contributed by atoms with van der Waals surface area (Å²) in [6.07, 6.45) is 1.79. The van der Waals surface area contributed by atoms with Crippen LogP contribution in [-0.4, -0.2) is 14.8 Å². The topological polar surface area (TPSA) is 30.7 Å². The van der Waals surface area contributed by atoms with E-state index in [1.165, 1.54) is 6.07 Å². The van der Waals surface area contributed by atoms with Crippen molar-refractivity contribution in [3.8, 4) is 11.4 Å². The molecule has 13 heavy (non-hydrogen) atoms. The summed E-state index contributed by atoms with van der Waals surface area (Å²) in [4.78, 5) is 3.71. The Morgan fingerprint density at radius 1 is 1.23 bits per heavy atom. The van der Waals surface area contributed by atoms with Crippen LogP contribution < -0.4 is 0 Å². The number of halogens is 1. The van der Waals surface area contributed by atoms with Crippen molar-refractivity contribution in [2.45, 2.75) is 0 Å². The first-order valence-electron chi connectivity index (χ1n) is 3.88. The number of rotatable bonds is 1. The maximum atomic E-state index is 12.7. The summed E-state index contributed by atoms with van der Waals surface area (Å²) in [6.45, 7) is 0. The van der Waals surface area contributed by atoms with Gasteiger partial charge in [-0.3, -0.25) is 4.68 Å². The fourth-order valence-electron chi connectivity index (χ4n) is 1.10. The lowest BCUT2D eigenvalue weighted by molar-refractivity contribution is 0.585. The van der Waals surface area contributed by atoms with Crippen molar-refractivity contribution in [1.82, 2.24) is 14.8 Å². The number of hydrogen-bond donors (Lipinski definition) is 0. The summed E-state index contributed by atoms with van der Waals surface area (Å²) in [7, 11) is 1.81. The number of hydrogen-bond acceptors (Lipinski definition) is 2. The molecule has 0 aliphatic rings. The molecule has 0 spiro atoms. The van der Waals surface area contributed by atoms with Gasteiger partial charge in [0, 0.05) is 13.2 Å². The zero-order chi connectivity index (χ0) is 9.26. The first-order chi connectivity index (χ1) is 6.25. The molecule has 0 fully saturated rings. The Morgan fingerprint density at radius 2 is 2.08 bits per heavy atom. The van der Waals surface area contributed by atoms with Gasteiger partial charge in [-0.15, -0.1) is 0 Å². The number of nitrogens with zero attached hydrogens (tertiary/aromatic N) is 3. The Kier molecular flexibility index (Phi) is 1.81. The van der Waals surface area contributed by atoms with E-state index in [9.17, 15) is 4.39 Å². The molecule has 0 atom stereocenters. The molecule has 0 radical (unpaired) electrons. The molecule has 3 nitrogen and oxygen atoms in total. The zero-order valence-corrected chi connectivity index (χ0v) is 7.11. The molecule has 0 N–H and O–H groups in total. The van der Waals surface area contributed by atoms with Crippen LogP contribution in [0.5, 0.6) is 0 Å². The molecule has 0 saturated carbocycles. The van der Waals surface area contributed by atoms with E-state index in [0.29, 0.717) is 11.4 Å². The van der Waals surface area contributed by atoms with E-state index in [-0.39, 0.29) is 0 Å². The van der Waals surface area contributed by atoms with Gasteiger partial charge in [-0.05, 0) is 18.2 Å². The predicted molar refractivity (Wildman–Crippen MR) is 46.4 cm³/mol. The van der Waals surface area contributed by atoms with Crippen molar-refractivity contribution in [2.24, 2.45) is 7.05 Å². The molecule has 0 unspecified atom stereocenters. The number of pyridine rings is 1. The van der Waals surface area contributed by atoms with E-state index in [1.807, 2.05) is 7.05 Å². The molecule has 0 amide bonds. The van der Waals surface area contributed by atoms with Crippen LogP contribution in [0.2, 0.25) is 0 Å². The van der Waals surface area contributed by atoms with Gasteiger partial charge in [0.05, 0.1) is 5.69 Å². The van der Waals surface area contributed by atoms with Crippen LogP contribution >= 0.6 is 0 Å². The molecule has 0 aliphatic carbocycles. The standard InChI is InChI=1S/C9H8FN3/c1-13-6-5-8(12-13)7-3-2-4-9(10)11-7/h2-6H,1H3. The van der Waals surface area contributed by atoms with Gasteiger partial charge in [0.25, 0.3) is 0 Å². The highest BCUT2D eigenvalue weighted by molar-refractivity contribution is 5.52. The summed E-state index contributed by atoms with van der Waals surface area (Å²) in [6, 6.07) is 6.45. The monoisotopic (exact) mass is 177 g/mol. The zero-order valence-electron chi connectivity index (χ0n) is 7.11. The third-order valence-corrected chi connectivity index (χ3v) is 1.69. The quantitative estimate of drug-likeness (QED) is 0.620. The smallest absolute Gasteiger partial charge is 0.213 e. The Hall–Kier alpha value is -1.71. The Labute approximate surface area is 74.8 Å². The minimum atomic E-state index is -0.483. The van der Waals surface area contributed by atoms with Crippen LogP contribution in [0.25, 0.3) is 11.4 Å². The molecule has 0 bridgehead atoms. The summed E-state index contributed by atoms with van der Waals surface area (Å²) in [5, 5.41) is 4.11. The molecule has 2 rings (SSSR count). The number of aryl methyl sites for hydroxylation is 1. The Morgan fingerprint density at radius 3 is 2.69 bits per heavy atom. The molecule has 0 aromatic carbocycles. The minimum absolute atomic E-state index is 0.483. The molecule has 4 heteroatoms.